The van der Waals surface area contributed by atoms with Gasteiger partial charge in [-0.05, 0) is 173 Å². The van der Waals surface area contributed by atoms with E-state index in [1.54, 1.807) is 0 Å². The highest BCUT2D eigenvalue weighted by Gasteiger charge is 2.54. The SMILES string of the molecule is CC1(C)c2ccccc2-c2c3c(cc(-c4cc(N(c5ccc(-c6ccccc6)cc5)c5cccc6c5oc5ccccc56)cc(N(c5ccc(-c6ccccc6)cc5)c5cccc6c5oc5ccccc56)c4)c21)C1(c2ccccc2-c2ccccc21)c1ccccc1-3. The Morgan fingerprint density at radius 2 is 0.652 bits per heavy atom. The number of nitrogens with zero attached hydrogens (tertiary/aromatic N) is 2. The largest absolute Gasteiger partial charge is 0.454 e. The minimum absolute atomic E-state index is 0.428. The second kappa shape index (κ2) is 19.9. The smallest absolute Gasteiger partial charge is 0.159 e. The fourth-order valence-corrected chi connectivity index (χ4v) is 16.3. The van der Waals surface area contributed by atoms with Crippen LogP contribution < -0.4 is 9.80 Å². The van der Waals surface area contributed by atoms with Crippen LogP contribution in [-0.4, -0.2) is 0 Å². The first-order valence-electron chi connectivity index (χ1n) is 31.9. The van der Waals surface area contributed by atoms with Crippen LogP contribution in [0.25, 0.3) is 111 Å². The standard InChI is InChI=1S/C88H58N2O2/c1-87(2)73-35-15-11-31-70(73)83-82-71-32-12-18-38-76(71)88(74-36-16-9-27-64(74)65-28-10-17-37-75(65)88)77(82)54-72(84(83)87)59-51-62(89(60-47-43-57(44-48-60)55-23-5-3-6-24-55)78-39-21-33-68-66-29-13-19-41-80(66)91-85(68)78)53-63(52-59)90(61-49-45-58(46-50-61)56-25-7-4-8-26-56)79-40-22-34-69-67-30-14-20-42-81(67)92-86(69)79/h3-54H,1-2H3. The van der Waals surface area contributed by atoms with Gasteiger partial charge in [0, 0.05) is 49.7 Å². The Morgan fingerprint density at radius 1 is 0.261 bits per heavy atom. The van der Waals surface area contributed by atoms with Gasteiger partial charge in [-0.1, -0.05) is 257 Å². The predicted molar refractivity (Wildman–Crippen MR) is 381 cm³/mol. The lowest BCUT2D eigenvalue weighted by atomic mass is 9.69. The first-order chi connectivity index (χ1) is 45.4. The normalized spacial score (nSPS) is 13.5. The van der Waals surface area contributed by atoms with E-state index in [0.29, 0.717) is 0 Å². The molecule has 92 heavy (non-hydrogen) atoms. The monoisotopic (exact) mass is 1170 g/mol. The van der Waals surface area contributed by atoms with E-state index >= 15 is 0 Å². The van der Waals surface area contributed by atoms with Crippen LogP contribution in [0.5, 0.6) is 0 Å². The number of furan rings is 2. The van der Waals surface area contributed by atoms with Crippen molar-refractivity contribution in [2.45, 2.75) is 24.7 Å². The molecule has 4 nitrogen and oxygen atoms in total. The molecule has 4 heteroatoms. The summed E-state index contributed by atoms with van der Waals surface area (Å²) in [4.78, 5) is 4.86. The van der Waals surface area contributed by atoms with Crippen LogP contribution in [0.3, 0.4) is 0 Å². The van der Waals surface area contributed by atoms with Crippen LogP contribution in [0.2, 0.25) is 0 Å². The topological polar surface area (TPSA) is 32.8 Å². The molecule has 432 valence electrons. The average molecular weight is 1180 g/mol. The third kappa shape index (κ3) is 7.46. The molecule has 3 aliphatic rings. The summed E-state index contributed by atoms with van der Waals surface area (Å²) in [5, 5.41) is 4.25. The van der Waals surface area contributed by atoms with Crippen molar-refractivity contribution in [2.75, 3.05) is 9.80 Å². The minimum atomic E-state index is -0.613. The molecule has 0 fully saturated rings. The zero-order chi connectivity index (χ0) is 60.8. The van der Waals surface area contributed by atoms with E-state index in [1.807, 2.05) is 0 Å². The van der Waals surface area contributed by atoms with Gasteiger partial charge < -0.3 is 18.6 Å². The maximum Gasteiger partial charge on any atom is 0.159 e. The Hall–Kier alpha value is -11.7. The molecule has 14 aromatic carbocycles. The van der Waals surface area contributed by atoms with Gasteiger partial charge in [-0.25, -0.2) is 0 Å². The number of para-hydroxylation sites is 4. The molecule has 16 aromatic rings. The fourth-order valence-electron chi connectivity index (χ4n) is 16.3. The van der Waals surface area contributed by atoms with Gasteiger partial charge in [-0.15, -0.1) is 0 Å². The van der Waals surface area contributed by atoms with E-state index in [2.05, 4.69) is 339 Å². The minimum Gasteiger partial charge on any atom is -0.454 e. The van der Waals surface area contributed by atoms with E-state index in [9.17, 15) is 0 Å². The first-order valence-corrected chi connectivity index (χ1v) is 31.9. The predicted octanol–water partition coefficient (Wildman–Crippen LogP) is 24.1. The van der Waals surface area contributed by atoms with E-state index in [4.69, 9.17) is 8.83 Å². The molecular formula is C88H58N2O2. The van der Waals surface area contributed by atoms with Crippen molar-refractivity contribution in [2.24, 2.45) is 0 Å². The van der Waals surface area contributed by atoms with E-state index < -0.39 is 10.8 Å². The van der Waals surface area contributed by atoms with E-state index in [0.717, 1.165) is 106 Å². The van der Waals surface area contributed by atoms with Gasteiger partial charge in [0.05, 0.1) is 16.8 Å². The number of benzene rings is 14. The molecule has 0 saturated heterocycles. The molecule has 3 aliphatic carbocycles. The zero-order valence-corrected chi connectivity index (χ0v) is 50.7. The second-order valence-corrected chi connectivity index (χ2v) is 25.4. The molecule has 0 aliphatic heterocycles. The zero-order valence-electron chi connectivity index (χ0n) is 50.7. The summed E-state index contributed by atoms with van der Waals surface area (Å²) in [5.74, 6) is 0. The maximum absolute atomic E-state index is 7.11. The van der Waals surface area contributed by atoms with Crippen LogP contribution in [0.4, 0.5) is 34.1 Å². The third-order valence-electron chi connectivity index (χ3n) is 20.2. The van der Waals surface area contributed by atoms with Crippen molar-refractivity contribution < 1.29 is 8.83 Å². The Labute approximate surface area is 533 Å². The van der Waals surface area contributed by atoms with Gasteiger partial charge in [0.1, 0.15) is 11.2 Å². The van der Waals surface area contributed by atoms with Gasteiger partial charge in [0.25, 0.3) is 0 Å². The van der Waals surface area contributed by atoms with Crippen LogP contribution >= 0.6 is 0 Å². The highest BCUT2D eigenvalue weighted by atomic mass is 16.3. The van der Waals surface area contributed by atoms with Crippen LogP contribution in [0, 0.1) is 0 Å². The highest BCUT2D eigenvalue weighted by Crippen LogP contribution is 2.68. The van der Waals surface area contributed by atoms with Crippen molar-refractivity contribution in [1.82, 2.24) is 0 Å². The Balaban J connectivity index is 0.957. The summed E-state index contributed by atoms with van der Waals surface area (Å²) in [7, 11) is 0. The summed E-state index contributed by atoms with van der Waals surface area (Å²) < 4.78 is 14.2. The molecule has 19 rings (SSSR count). The molecule has 2 aromatic heterocycles. The lowest BCUT2D eigenvalue weighted by Crippen LogP contribution is -2.26. The van der Waals surface area contributed by atoms with Gasteiger partial charge >= 0.3 is 0 Å². The molecule has 1 spiro atoms. The molecule has 0 N–H and O–H groups in total. The number of rotatable bonds is 9. The van der Waals surface area contributed by atoms with Gasteiger partial charge in [0.15, 0.2) is 11.2 Å². The number of anilines is 6. The van der Waals surface area contributed by atoms with Crippen molar-refractivity contribution in [3.8, 4) is 66.8 Å². The van der Waals surface area contributed by atoms with Crippen molar-refractivity contribution >= 4 is 78.0 Å². The van der Waals surface area contributed by atoms with Crippen LogP contribution in [0.1, 0.15) is 47.2 Å². The summed E-state index contributed by atoms with van der Waals surface area (Å²) in [6.07, 6.45) is 0. The summed E-state index contributed by atoms with van der Waals surface area (Å²) >= 11 is 0. The Bertz CT molecular complexity index is 5410. The molecule has 0 amide bonds. The summed E-state index contributed by atoms with van der Waals surface area (Å²) in [5.41, 5.74) is 30.4. The van der Waals surface area contributed by atoms with Gasteiger partial charge in [0.2, 0.25) is 0 Å². The quantitative estimate of drug-likeness (QED) is 0.144. The molecule has 0 atom stereocenters. The van der Waals surface area contributed by atoms with Crippen molar-refractivity contribution in [3.05, 3.63) is 349 Å². The third-order valence-corrected chi connectivity index (χ3v) is 20.2. The lowest BCUT2D eigenvalue weighted by molar-refractivity contribution is 0.661. The van der Waals surface area contributed by atoms with Crippen LogP contribution in [0.15, 0.2) is 324 Å². The highest BCUT2D eigenvalue weighted by molar-refractivity contribution is 6.13. The molecule has 0 bridgehead atoms. The number of hydrogen-bond acceptors (Lipinski definition) is 4. The average Bonchev–Trinajstić information content (AvgIpc) is 1.49. The van der Waals surface area contributed by atoms with Crippen molar-refractivity contribution in [1.29, 1.82) is 0 Å². The second-order valence-electron chi connectivity index (χ2n) is 25.4. The molecule has 2 heterocycles. The molecule has 0 radical (unpaired) electrons. The lowest BCUT2D eigenvalue weighted by Gasteiger charge is -2.33. The van der Waals surface area contributed by atoms with Gasteiger partial charge in [-0.3, -0.25) is 0 Å². The summed E-state index contributed by atoms with van der Waals surface area (Å²) in [6, 6.07) is 116. The molecule has 0 unspecified atom stereocenters. The van der Waals surface area contributed by atoms with Gasteiger partial charge in [-0.2, -0.15) is 0 Å². The number of hydrogen-bond donors (Lipinski definition) is 0. The Morgan fingerprint density at radius 3 is 1.15 bits per heavy atom. The Kier molecular flexibility index (Phi) is 11.3. The van der Waals surface area contributed by atoms with E-state index in [1.165, 1.54) is 72.3 Å². The maximum atomic E-state index is 7.11. The number of fused-ring (bicyclic) bond motifs is 20. The van der Waals surface area contributed by atoms with Crippen LogP contribution in [-0.2, 0) is 10.8 Å². The van der Waals surface area contributed by atoms with E-state index in [-0.39, 0.29) is 0 Å². The fraction of sp³-hybridized carbons (Fsp3) is 0.0455. The summed E-state index contributed by atoms with van der Waals surface area (Å²) in [6.45, 7) is 4.89. The molecular weight excluding hydrogens is 1120 g/mol. The first kappa shape index (κ1) is 52.2. The van der Waals surface area contributed by atoms with Crippen molar-refractivity contribution in [3.63, 3.8) is 0 Å². The molecule has 0 saturated carbocycles.